The molecule has 156 valence electrons. The standard InChI is InChI=1S/C23H30N2O3S/c1-23-11-13-25(2)21(14-17-6-7-18(26)15-20(17)23)22(23)24-12-10-16-4-8-19(9-5-16)29(3,27)28/h4-9,15,21-22,24,26H,10-14H2,1-3H3. The highest BCUT2D eigenvalue weighted by Gasteiger charge is 2.49. The number of hydrogen-bond acceptors (Lipinski definition) is 5. The Morgan fingerprint density at radius 2 is 1.93 bits per heavy atom. The van der Waals surface area contributed by atoms with E-state index < -0.39 is 9.84 Å². The van der Waals surface area contributed by atoms with Gasteiger partial charge in [-0.2, -0.15) is 0 Å². The summed E-state index contributed by atoms with van der Waals surface area (Å²) in [5.74, 6) is 0.340. The minimum atomic E-state index is -3.16. The molecule has 2 bridgehead atoms. The lowest BCUT2D eigenvalue weighted by Crippen LogP contribution is -2.66. The van der Waals surface area contributed by atoms with Crippen LogP contribution in [-0.2, 0) is 28.1 Å². The van der Waals surface area contributed by atoms with Gasteiger partial charge in [-0.1, -0.05) is 25.1 Å². The molecule has 2 aromatic carbocycles. The molecule has 1 fully saturated rings. The molecule has 29 heavy (non-hydrogen) atoms. The van der Waals surface area contributed by atoms with Crippen molar-refractivity contribution >= 4 is 9.84 Å². The number of sulfone groups is 1. The van der Waals surface area contributed by atoms with E-state index in [9.17, 15) is 13.5 Å². The lowest BCUT2D eigenvalue weighted by atomic mass is 9.61. The Bertz CT molecular complexity index is 1000. The quantitative estimate of drug-likeness (QED) is 0.787. The van der Waals surface area contributed by atoms with Gasteiger partial charge in [0.2, 0.25) is 0 Å². The highest BCUT2D eigenvalue weighted by Crippen LogP contribution is 2.45. The molecule has 1 aliphatic carbocycles. The average molecular weight is 415 g/mol. The molecule has 2 N–H and O–H groups in total. The molecule has 5 nitrogen and oxygen atoms in total. The van der Waals surface area contributed by atoms with Crippen LogP contribution in [0.3, 0.4) is 0 Å². The van der Waals surface area contributed by atoms with Gasteiger partial charge in [-0.15, -0.1) is 0 Å². The Morgan fingerprint density at radius 1 is 1.21 bits per heavy atom. The predicted molar refractivity (Wildman–Crippen MR) is 115 cm³/mol. The molecule has 3 atom stereocenters. The zero-order chi connectivity index (χ0) is 20.8. The van der Waals surface area contributed by atoms with Crippen LogP contribution in [0.25, 0.3) is 0 Å². The molecular weight excluding hydrogens is 384 g/mol. The van der Waals surface area contributed by atoms with Crippen molar-refractivity contribution in [1.82, 2.24) is 10.2 Å². The molecule has 0 amide bonds. The number of piperidine rings is 1. The highest BCUT2D eigenvalue weighted by molar-refractivity contribution is 7.90. The minimum Gasteiger partial charge on any atom is -0.508 e. The Morgan fingerprint density at radius 3 is 2.62 bits per heavy atom. The largest absolute Gasteiger partial charge is 0.508 e. The Labute approximate surface area is 173 Å². The number of nitrogens with zero attached hydrogens (tertiary/aromatic N) is 1. The molecule has 0 radical (unpaired) electrons. The number of phenolic OH excluding ortho intramolecular Hbond substituents is 1. The molecule has 1 heterocycles. The lowest BCUT2D eigenvalue weighted by molar-refractivity contribution is 0.0663. The second kappa shape index (κ2) is 7.42. The fourth-order valence-electron chi connectivity index (χ4n) is 5.12. The third-order valence-corrected chi connectivity index (χ3v) is 8.02. The van der Waals surface area contributed by atoms with Crippen LogP contribution >= 0.6 is 0 Å². The Kier molecular flexibility index (Phi) is 5.21. The number of nitrogens with one attached hydrogen (secondary N) is 1. The first-order valence-electron chi connectivity index (χ1n) is 10.2. The van der Waals surface area contributed by atoms with Crippen molar-refractivity contribution in [2.75, 3.05) is 26.4 Å². The van der Waals surface area contributed by atoms with E-state index in [0.29, 0.717) is 22.7 Å². The zero-order valence-electron chi connectivity index (χ0n) is 17.4. The highest BCUT2D eigenvalue weighted by atomic mass is 32.2. The Balaban J connectivity index is 1.51. The van der Waals surface area contributed by atoms with E-state index in [2.05, 4.69) is 30.3 Å². The summed E-state index contributed by atoms with van der Waals surface area (Å²) < 4.78 is 23.3. The van der Waals surface area contributed by atoms with Gasteiger partial charge in [-0.05, 0) is 80.4 Å². The molecular formula is C23H30N2O3S. The van der Waals surface area contributed by atoms with Crippen molar-refractivity contribution in [2.45, 2.75) is 48.6 Å². The fraction of sp³-hybridized carbons (Fsp3) is 0.478. The number of hydrogen-bond donors (Lipinski definition) is 2. The van der Waals surface area contributed by atoms with Crippen LogP contribution in [0.5, 0.6) is 5.75 Å². The van der Waals surface area contributed by atoms with Crippen LogP contribution in [0.15, 0.2) is 47.4 Å². The molecule has 1 saturated heterocycles. The van der Waals surface area contributed by atoms with Crippen molar-refractivity contribution in [3.8, 4) is 5.75 Å². The summed E-state index contributed by atoms with van der Waals surface area (Å²) in [5.41, 5.74) is 3.74. The zero-order valence-corrected chi connectivity index (χ0v) is 18.2. The average Bonchev–Trinajstić information content (AvgIpc) is 2.67. The van der Waals surface area contributed by atoms with E-state index in [-0.39, 0.29) is 5.41 Å². The molecule has 2 aromatic rings. The summed E-state index contributed by atoms with van der Waals surface area (Å²) in [6.45, 7) is 4.21. The van der Waals surface area contributed by atoms with Gasteiger partial charge in [0.25, 0.3) is 0 Å². The molecule has 6 heteroatoms. The molecule has 1 aliphatic heterocycles. The maximum Gasteiger partial charge on any atom is 0.175 e. The third-order valence-electron chi connectivity index (χ3n) is 6.89. The van der Waals surface area contributed by atoms with E-state index in [1.54, 1.807) is 18.2 Å². The van der Waals surface area contributed by atoms with Gasteiger partial charge < -0.3 is 15.3 Å². The SMILES string of the molecule is CN1CCC2(C)c3cc(O)ccc3CC1C2NCCc1ccc(S(C)(=O)=O)cc1. The molecule has 0 spiro atoms. The summed E-state index contributed by atoms with van der Waals surface area (Å²) in [5, 5.41) is 13.9. The molecule has 2 aliphatic rings. The normalized spacial score (nSPS) is 26.9. The van der Waals surface area contributed by atoms with Gasteiger partial charge in [0.15, 0.2) is 9.84 Å². The van der Waals surface area contributed by atoms with Crippen molar-refractivity contribution in [1.29, 1.82) is 0 Å². The van der Waals surface area contributed by atoms with Crippen LogP contribution in [0.2, 0.25) is 0 Å². The first-order valence-corrected chi connectivity index (χ1v) is 12.1. The maximum absolute atomic E-state index is 11.6. The van der Waals surface area contributed by atoms with Gasteiger partial charge in [0, 0.05) is 23.8 Å². The van der Waals surface area contributed by atoms with E-state index in [1.165, 1.54) is 17.4 Å². The van der Waals surface area contributed by atoms with E-state index in [4.69, 9.17) is 0 Å². The summed E-state index contributed by atoms with van der Waals surface area (Å²) in [4.78, 5) is 2.82. The minimum absolute atomic E-state index is 0.0103. The first kappa shape index (κ1) is 20.4. The van der Waals surface area contributed by atoms with Crippen LogP contribution < -0.4 is 5.32 Å². The van der Waals surface area contributed by atoms with Gasteiger partial charge >= 0.3 is 0 Å². The van der Waals surface area contributed by atoms with E-state index in [1.807, 2.05) is 18.2 Å². The number of likely N-dealkylation sites (tertiary alicyclic amines) is 1. The number of benzene rings is 2. The second-order valence-electron chi connectivity index (χ2n) is 8.86. The van der Waals surface area contributed by atoms with Gasteiger partial charge in [0.05, 0.1) is 4.90 Å². The van der Waals surface area contributed by atoms with Crippen molar-refractivity contribution in [3.63, 3.8) is 0 Å². The second-order valence-corrected chi connectivity index (χ2v) is 10.9. The lowest BCUT2D eigenvalue weighted by Gasteiger charge is -2.55. The predicted octanol–water partition coefficient (Wildman–Crippen LogP) is 2.51. The summed E-state index contributed by atoms with van der Waals surface area (Å²) in [6, 6.07) is 13.8. The molecule has 4 rings (SSSR count). The summed E-state index contributed by atoms with van der Waals surface area (Å²) in [6.07, 6.45) is 4.12. The van der Waals surface area contributed by atoms with Gasteiger partial charge in [-0.3, -0.25) is 0 Å². The topological polar surface area (TPSA) is 69.6 Å². The number of likely N-dealkylation sites (N-methyl/N-ethyl adjacent to an activating group) is 1. The van der Waals surface area contributed by atoms with Crippen molar-refractivity contribution < 1.29 is 13.5 Å². The fourth-order valence-corrected chi connectivity index (χ4v) is 5.75. The number of fused-ring (bicyclic) bond motifs is 4. The first-order chi connectivity index (χ1) is 13.7. The van der Waals surface area contributed by atoms with Crippen LogP contribution in [0.4, 0.5) is 0 Å². The molecule has 0 saturated carbocycles. The number of aromatic hydroxyl groups is 1. The van der Waals surface area contributed by atoms with Crippen LogP contribution in [0, 0.1) is 0 Å². The van der Waals surface area contributed by atoms with Gasteiger partial charge in [0.1, 0.15) is 5.75 Å². The Hall–Kier alpha value is -1.89. The summed E-state index contributed by atoms with van der Waals surface area (Å²) in [7, 11) is -0.953. The van der Waals surface area contributed by atoms with E-state index in [0.717, 1.165) is 37.9 Å². The van der Waals surface area contributed by atoms with E-state index >= 15 is 0 Å². The van der Waals surface area contributed by atoms with Crippen LogP contribution in [-0.4, -0.2) is 56.9 Å². The van der Waals surface area contributed by atoms with Gasteiger partial charge in [-0.25, -0.2) is 8.42 Å². The maximum atomic E-state index is 11.6. The van der Waals surface area contributed by atoms with Crippen molar-refractivity contribution in [3.05, 3.63) is 59.2 Å². The number of rotatable bonds is 5. The van der Waals surface area contributed by atoms with Crippen LogP contribution in [0.1, 0.15) is 30.0 Å². The van der Waals surface area contributed by atoms with Crippen molar-refractivity contribution in [2.24, 2.45) is 0 Å². The monoisotopic (exact) mass is 414 g/mol. The molecule has 0 aromatic heterocycles. The molecule has 3 unspecified atom stereocenters. The summed E-state index contributed by atoms with van der Waals surface area (Å²) >= 11 is 0. The third kappa shape index (κ3) is 3.81. The number of phenols is 1. The smallest absolute Gasteiger partial charge is 0.175 e.